The largest absolute Gasteiger partial charge is 0.384 e. The number of carbonyl (C=O) groups is 5. The van der Waals surface area contributed by atoms with Gasteiger partial charge in [-0.05, 0) is 68.5 Å². The molecule has 1 aromatic carbocycles. The molecule has 3 fully saturated rings. The van der Waals surface area contributed by atoms with E-state index in [1.807, 2.05) is 45.9 Å². The zero-order valence-electron chi connectivity index (χ0n) is 28.8. The fourth-order valence-electron chi connectivity index (χ4n) is 7.52. The molecular weight excluding hydrogens is 664 g/mol. The Kier molecular flexibility index (Phi) is 8.99. The summed E-state index contributed by atoms with van der Waals surface area (Å²) in [5.41, 5.74) is 3.39. The van der Waals surface area contributed by atoms with Gasteiger partial charge in [0.05, 0.1) is 23.0 Å². The van der Waals surface area contributed by atoms with E-state index in [-0.39, 0.29) is 29.9 Å². The first-order valence-corrected chi connectivity index (χ1v) is 18.0. The highest BCUT2D eigenvalue weighted by Gasteiger charge is 2.45. The SMILES string of the molecule is O=C1CCC(N2C(=O)c3cccc(NCCCCC(=O)N4CCN(c5cccc(-c6cnc7ccc(N8CCCC8)nn67)n5)CC4)c3C2=O)C(=O)N1. The lowest BCUT2D eigenvalue weighted by Gasteiger charge is -2.35. The molecule has 0 spiro atoms. The quantitative estimate of drug-likeness (QED) is 0.184. The summed E-state index contributed by atoms with van der Waals surface area (Å²) in [6.07, 6.45) is 6.10. The van der Waals surface area contributed by atoms with Crippen LogP contribution < -0.4 is 20.4 Å². The molecule has 7 heterocycles. The highest BCUT2D eigenvalue weighted by molar-refractivity contribution is 6.25. The molecule has 15 heteroatoms. The fraction of sp³-hybridized carbons (Fsp3) is 0.405. The van der Waals surface area contributed by atoms with E-state index in [0.29, 0.717) is 57.7 Å². The first-order chi connectivity index (χ1) is 25.4. The Morgan fingerprint density at radius 1 is 0.846 bits per heavy atom. The third kappa shape index (κ3) is 6.31. The van der Waals surface area contributed by atoms with Crippen LogP contribution in [0.5, 0.6) is 0 Å². The molecule has 52 heavy (non-hydrogen) atoms. The number of hydrogen-bond acceptors (Lipinski definition) is 11. The summed E-state index contributed by atoms with van der Waals surface area (Å²) in [5, 5.41) is 10.4. The fourth-order valence-corrected chi connectivity index (χ4v) is 7.52. The molecule has 2 N–H and O–H groups in total. The second-order valence-electron chi connectivity index (χ2n) is 13.6. The van der Waals surface area contributed by atoms with Crippen LogP contribution >= 0.6 is 0 Å². The minimum absolute atomic E-state index is 0.0666. The number of benzene rings is 1. The molecule has 4 aromatic rings. The third-order valence-electron chi connectivity index (χ3n) is 10.3. The van der Waals surface area contributed by atoms with Crippen molar-refractivity contribution in [3.05, 3.63) is 65.9 Å². The van der Waals surface area contributed by atoms with E-state index < -0.39 is 29.7 Å². The number of nitrogens with one attached hydrogen (secondary N) is 2. The molecule has 4 aliphatic heterocycles. The van der Waals surface area contributed by atoms with Gasteiger partial charge in [-0.25, -0.2) is 14.5 Å². The Labute approximate surface area is 300 Å². The first kappa shape index (κ1) is 33.3. The second-order valence-corrected chi connectivity index (χ2v) is 13.6. The number of fused-ring (bicyclic) bond motifs is 2. The van der Waals surface area contributed by atoms with Crippen LogP contribution in [-0.4, -0.2) is 111 Å². The normalized spacial score (nSPS) is 19.1. The summed E-state index contributed by atoms with van der Waals surface area (Å²) in [5.74, 6) is -0.228. The average Bonchev–Trinajstić information content (AvgIpc) is 3.91. The average molecular weight is 705 g/mol. The van der Waals surface area contributed by atoms with Gasteiger partial charge >= 0.3 is 0 Å². The van der Waals surface area contributed by atoms with Crippen molar-refractivity contribution in [1.82, 2.24) is 34.7 Å². The van der Waals surface area contributed by atoms with Crippen LogP contribution in [-0.2, 0) is 14.4 Å². The molecule has 0 radical (unpaired) electrons. The molecule has 0 aliphatic carbocycles. The minimum atomic E-state index is -1.01. The van der Waals surface area contributed by atoms with E-state index in [1.54, 1.807) is 18.2 Å². The molecule has 268 valence electrons. The molecule has 0 saturated carbocycles. The lowest BCUT2D eigenvalue weighted by molar-refractivity contribution is -0.136. The van der Waals surface area contributed by atoms with Crippen LogP contribution in [0.3, 0.4) is 0 Å². The van der Waals surface area contributed by atoms with E-state index in [2.05, 4.69) is 25.4 Å². The number of unbranched alkanes of at least 4 members (excludes halogenated alkanes) is 1. The highest BCUT2D eigenvalue weighted by atomic mass is 16.2. The van der Waals surface area contributed by atoms with Crippen molar-refractivity contribution in [2.45, 2.75) is 51.0 Å². The van der Waals surface area contributed by atoms with Crippen LogP contribution in [0.4, 0.5) is 17.3 Å². The number of pyridine rings is 1. The van der Waals surface area contributed by atoms with Gasteiger partial charge in [-0.3, -0.25) is 34.2 Å². The predicted molar refractivity (Wildman–Crippen MR) is 192 cm³/mol. The highest BCUT2D eigenvalue weighted by Crippen LogP contribution is 2.32. The number of carbonyl (C=O) groups excluding carboxylic acids is 5. The molecule has 15 nitrogen and oxygen atoms in total. The van der Waals surface area contributed by atoms with Gasteiger partial charge in [0.2, 0.25) is 17.7 Å². The van der Waals surface area contributed by atoms with Gasteiger partial charge < -0.3 is 20.0 Å². The van der Waals surface area contributed by atoms with Gasteiger partial charge in [0, 0.05) is 64.3 Å². The Morgan fingerprint density at radius 3 is 2.44 bits per heavy atom. The van der Waals surface area contributed by atoms with E-state index >= 15 is 0 Å². The Hall–Kier alpha value is -5.86. The Balaban J connectivity index is 0.818. The van der Waals surface area contributed by atoms with Crippen molar-refractivity contribution in [2.24, 2.45) is 0 Å². The second kappa shape index (κ2) is 14.0. The molecule has 5 amide bonds. The third-order valence-corrected chi connectivity index (χ3v) is 10.3. The van der Waals surface area contributed by atoms with E-state index in [0.717, 1.165) is 46.7 Å². The molecule has 3 aromatic heterocycles. The summed E-state index contributed by atoms with van der Waals surface area (Å²) in [6, 6.07) is 14.0. The van der Waals surface area contributed by atoms with Crippen LogP contribution in [0.25, 0.3) is 17.0 Å². The number of rotatable bonds is 10. The number of anilines is 3. The van der Waals surface area contributed by atoms with Gasteiger partial charge in [-0.15, -0.1) is 5.10 Å². The smallest absolute Gasteiger partial charge is 0.264 e. The van der Waals surface area contributed by atoms with Crippen LogP contribution in [0.1, 0.15) is 65.7 Å². The number of hydrogen-bond donors (Lipinski definition) is 2. The predicted octanol–water partition coefficient (Wildman–Crippen LogP) is 2.72. The summed E-state index contributed by atoms with van der Waals surface area (Å²) >= 11 is 0. The van der Waals surface area contributed by atoms with E-state index in [4.69, 9.17) is 10.1 Å². The summed E-state index contributed by atoms with van der Waals surface area (Å²) < 4.78 is 1.87. The van der Waals surface area contributed by atoms with Crippen molar-refractivity contribution >= 4 is 52.5 Å². The molecule has 8 rings (SSSR count). The van der Waals surface area contributed by atoms with Crippen molar-refractivity contribution in [3.63, 3.8) is 0 Å². The molecule has 0 bridgehead atoms. The number of piperidine rings is 1. The van der Waals surface area contributed by atoms with E-state index in [9.17, 15) is 24.0 Å². The maximum absolute atomic E-state index is 13.3. The van der Waals surface area contributed by atoms with Crippen LogP contribution in [0, 0.1) is 0 Å². The summed E-state index contributed by atoms with van der Waals surface area (Å²) in [6.45, 7) is 5.10. The number of imidazole rings is 1. The van der Waals surface area contributed by atoms with E-state index in [1.165, 1.54) is 12.8 Å². The van der Waals surface area contributed by atoms with Crippen molar-refractivity contribution in [3.8, 4) is 11.4 Å². The van der Waals surface area contributed by atoms with Crippen LogP contribution in [0.15, 0.2) is 54.7 Å². The first-order valence-electron chi connectivity index (χ1n) is 18.0. The van der Waals surface area contributed by atoms with Crippen LogP contribution in [0.2, 0.25) is 0 Å². The maximum atomic E-state index is 13.3. The number of amides is 5. The van der Waals surface area contributed by atoms with Crippen molar-refractivity contribution < 1.29 is 24.0 Å². The zero-order valence-corrected chi connectivity index (χ0v) is 28.8. The lowest BCUT2D eigenvalue weighted by atomic mass is 10.0. The number of aromatic nitrogens is 4. The van der Waals surface area contributed by atoms with Crippen molar-refractivity contribution in [1.29, 1.82) is 0 Å². The minimum Gasteiger partial charge on any atom is -0.384 e. The number of imide groups is 2. The van der Waals surface area contributed by atoms with Gasteiger partial charge in [0.25, 0.3) is 11.8 Å². The Bertz CT molecular complexity index is 2070. The maximum Gasteiger partial charge on any atom is 0.264 e. The molecule has 4 aliphatic rings. The molecule has 1 unspecified atom stereocenters. The van der Waals surface area contributed by atoms with Crippen molar-refractivity contribution in [2.75, 3.05) is 60.9 Å². The zero-order chi connectivity index (χ0) is 35.8. The summed E-state index contributed by atoms with van der Waals surface area (Å²) in [4.78, 5) is 80.4. The van der Waals surface area contributed by atoms with Gasteiger partial charge in [-0.2, -0.15) is 0 Å². The molecular formula is C37H40N10O5. The molecule has 1 atom stereocenters. The lowest BCUT2D eigenvalue weighted by Crippen LogP contribution is -2.54. The monoisotopic (exact) mass is 704 g/mol. The topological polar surface area (TPSA) is 165 Å². The molecule has 3 saturated heterocycles. The van der Waals surface area contributed by atoms with Gasteiger partial charge in [0.15, 0.2) is 5.65 Å². The number of nitrogens with zero attached hydrogens (tertiary/aromatic N) is 8. The summed E-state index contributed by atoms with van der Waals surface area (Å²) in [7, 11) is 0. The standard InChI is InChI=1S/C37H40N10O5/c48-32-15-12-27(35(50)41-32)46-36(51)24-7-5-9-26(34(24)37(46)52)38-16-2-1-11-33(49)45-21-19-44(20-22-45)30-10-6-8-25(40-30)28-23-39-29-13-14-31(42-47(28)29)43-17-3-4-18-43/h5-10,13-14,23,27,38H,1-4,11-12,15-22H2,(H,41,48,50). The Morgan fingerprint density at radius 2 is 1.63 bits per heavy atom. The number of piperazine rings is 1. The van der Waals surface area contributed by atoms with Gasteiger partial charge in [-0.1, -0.05) is 12.1 Å². The van der Waals surface area contributed by atoms with Gasteiger partial charge in [0.1, 0.15) is 23.4 Å².